The van der Waals surface area contributed by atoms with Crippen LogP contribution in [0.15, 0.2) is 35.4 Å². The van der Waals surface area contributed by atoms with Gasteiger partial charge in [0, 0.05) is 37.8 Å². The predicted molar refractivity (Wildman–Crippen MR) is 109 cm³/mol. The Kier molecular flexibility index (Phi) is 5.37. The number of benzene rings is 1. The number of aromatic nitrogens is 2. The van der Waals surface area contributed by atoms with E-state index in [0.29, 0.717) is 0 Å². The van der Waals surface area contributed by atoms with Crippen LogP contribution in [-0.2, 0) is 0 Å². The molecule has 4 rings (SSSR count). The molecule has 0 atom stereocenters. The van der Waals surface area contributed by atoms with E-state index in [1.165, 1.54) is 25.7 Å². The lowest BCUT2D eigenvalue weighted by molar-refractivity contribution is 0.414. The van der Waals surface area contributed by atoms with Gasteiger partial charge < -0.3 is 14.5 Å². The molecular formula is C20H26N6O. The zero-order valence-electron chi connectivity index (χ0n) is 15.8. The molecule has 1 N–H and O–H groups in total. The van der Waals surface area contributed by atoms with Gasteiger partial charge in [0.25, 0.3) is 0 Å². The number of anilines is 3. The maximum atomic E-state index is 5.36. The van der Waals surface area contributed by atoms with Gasteiger partial charge in [-0.2, -0.15) is 15.1 Å². The minimum Gasteiger partial charge on any atom is -0.496 e. The summed E-state index contributed by atoms with van der Waals surface area (Å²) in [6.07, 6.45) is 6.60. The fourth-order valence-electron chi connectivity index (χ4n) is 3.59. The summed E-state index contributed by atoms with van der Waals surface area (Å²) < 4.78 is 5.36. The quantitative estimate of drug-likeness (QED) is 0.626. The van der Waals surface area contributed by atoms with Gasteiger partial charge >= 0.3 is 0 Å². The van der Waals surface area contributed by atoms with Gasteiger partial charge in [-0.05, 0) is 37.8 Å². The summed E-state index contributed by atoms with van der Waals surface area (Å²) in [6, 6.07) is 9.78. The second kappa shape index (κ2) is 8.24. The van der Waals surface area contributed by atoms with Gasteiger partial charge in [-0.15, -0.1) is 0 Å². The number of ether oxygens (including phenoxy) is 1. The number of methoxy groups -OCH3 is 1. The molecule has 27 heavy (non-hydrogen) atoms. The third-order valence-electron chi connectivity index (χ3n) is 5.04. The van der Waals surface area contributed by atoms with E-state index >= 15 is 0 Å². The van der Waals surface area contributed by atoms with Gasteiger partial charge in [0.15, 0.2) is 5.82 Å². The van der Waals surface area contributed by atoms with E-state index in [1.54, 1.807) is 13.3 Å². The molecule has 0 amide bonds. The summed E-state index contributed by atoms with van der Waals surface area (Å²) in [7, 11) is 1.66. The fourth-order valence-corrected chi connectivity index (χ4v) is 3.59. The zero-order valence-corrected chi connectivity index (χ0v) is 15.8. The highest BCUT2D eigenvalue weighted by molar-refractivity contribution is 5.83. The van der Waals surface area contributed by atoms with Crippen molar-refractivity contribution in [3.63, 3.8) is 0 Å². The third-order valence-corrected chi connectivity index (χ3v) is 5.04. The van der Waals surface area contributed by atoms with E-state index in [2.05, 4.69) is 20.3 Å². The van der Waals surface area contributed by atoms with Crippen molar-refractivity contribution in [2.45, 2.75) is 25.7 Å². The monoisotopic (exact) mass is 366 g/mol. The van der Waals surface area contributed by atoms with Crippen LogP contribution < -0.4 is 20.0 Å². The van der Waals surface area contributed by atoms with E-state index in [9.17, 15) is 0 Å². The van der Waals surface area contributed by atoms with E-state index in [4.69, 9.17) is 14.7 Å². The van der Waals surface area contributed by atoms with Crippen LogP contribution in [0.5, 0.6) is 5.75 Å². The summed E-state index contributed by atoms with van der Waals surface area (Å²) in [4.78, 5) is 14.1. The van der Waals surface area contributed by atoms with Crippen LogP contribution in [0.2, 0.25) is 0 Å². The molecule has 3 heterocycles. The van der Waals surface area contributed by atoms with Crippen molar-refractivity contribution >= 4 is 23.8 Å². The van der Waals surface area contributed by atoms with Gasteiger partial charge in [-0.1, -0.05) is 12.1 Å². The van der Waals surface area contributed by atoms with Crippen LogP contribution in [0.1, 0.15) is 31.2 Å². The normalized spacial score (nSPS) is 17.1. The van der Waals surface area contributed by atoms with Crippen molar-refractivity contribution in [2.24, 2.45) is 5.10 Å². The van der Waals surface area contributed by atoms with Gasteiger partial charge in [0.1, 0.15) is 11.6 Å². The Labute approximate surface area is 160 Å². The Morgan fingerprint density at radius 2 is 1.70 bits per heavy atom. The number of rotatable bonds is 6. The second-order valence-corrected chi connectivity index (χ2v) is 6.91. The molecule has 1 aromatic carbocycles. The summed E-state index contributed by atoms with van der Waals surface area (Å²) in [5, 5.41) is 4.37. The van der Waals surface area contributed by atoms with Crippen LogP contribution in [-0.4, -0.2) is 49.5 Å². The lowest BCUT2D eigenvalue weighted by Crippen LogP contribution is -2.24. The Morgan fingerprint density at radius 3 is 2.44 bits per heavy atom. The summed E-state index contributed by atoms with van der Waals surface area (Å²) in [5.74, 6) is 3.30. The fraction of sp³-hybridized carbons (Fsp3) is 0.450. The minimum absolute atomic E-state index is 0.722. The summed E-state index contributed by atoms with van der Waals surface area (Å²) in [6.45, 7) is 4.15. The molecule has 2 fully saturated rings. The molecule has 142 valence electrons. The lowest BCUT2D eigenvalue weighted by Gasteiger charge is -2.21. The van der Waals surface area contributed by atoms with Gasteiger partial charge in [-0.25, -0.2) is 0 Å². The first kappa shape index (κ1) is 17.6. The van der Waals surface area contributed by atoms with Crippen LogP contribution in [0.25, 0.3) is 0 Å². The number of hydrazone groups is 1. The number of hydrogen-bond acceptors (Lipinski definition) is 7. The number of nitrogens with zero attached hydrogens (tertiary/aromatic N) is 5. The SMILES string of the molecule is COc1ccccc1/C=N\Nc1cc(N2CCCC2)nc(N2CCCC2)n1. The van der Waals surface area contributed by atoms with Gasteiger partial charge in [0.2, 0.25) is 5.95 Å². The molecular weight excluding hydrogens is 340 g/mol. The molecule has 0 radical (unpaired) electrons. The molecule has 2 aromatic rings. The smallest absolute Gasteiger partial charge is 0.229 e. The van der Waals surface area contributed by atoms with Gasteiger partial charge in [-0.3, -0.25) is 5.43 Å². The molecule has 0 aliphatic carbocycles. The maximum Gasteiger partial charge on any atom is 0.229 e. The Bertz CT molecular complexity index is 763. The molecule has 0 unspecified atom stereocenters. The molecule has 2 saturated heterocycles. The number of hydrogen-bond donors (Lipinski definition) is 1. The van der Waals surface area contributed by atoms with E-state index < -0.39 is 0 Å². The predicted octanol–water partition coefficient (Wildman–Crippen LogP) is 3.13. The topological polar surface area (TPSA) is 65.9 Å². The van der Waals surface area contributed by atoms with Crippen molar-refractivity contribution in [2.75, 3.05) is 48.5 Å². The molecule has 2 aliphatic rings. The third kappa shape index (κ3) is 4.13. The Hall–Kier alpha value is -2.83. The summed E-state index contributed by atoms with van der Waals surface area (Å²) in [5.41, 5.74) is 4.00. The first-order chi connectivity index (χ1) is 13.3. The Balaban J connectivity index is 1.56. The highest BCUT2D eigenvalue weighted by Gasteiger charge is 2.20. The average Bonchev–Trinajstić information content (AvgIpc) is 3.42. The molecule has 7 heteroatoms. The first-order valence-electron chi connectivity index (χ1n) is 9.64. The van der Waals surface area contributed by atoms with Gasteiger partial charge in [0.05, 0.1) is 13.3 Å². The van der Waals surface area contributed by atoms with Crippen molar-refractivity contribution in [3.05, 3.63) is 35.9 Å². The van der Waals surface area contributed by atoms with Crippen molar-refractivity contribution in [3.8, 4) is 5.75 Å². The number of para-hydroxylation sites is 1. The molecule has 0 bridgehead atoms. The average molecular weight is 366 g/mol. The second-order valence-electron chi connectivity index (χ2n) is 6.91. The van der Waals surface area contributed by atoms with Crippen LogP contribution >= 0.6 is 0 Å². The van der Waals surface area contributed by atoms with Crippen LogP contribution in [0, 0.1) is 0 Å². The standard InChI is InChI=1S/C20H26N6O/c1-27-17-9-3-2-8-16(17)15-21-24-18-14-19(25-10-4-5-11-25)23-20(22-18)26-12-6-7-13-26/h2-3,8-9,14-15H,4-7,10-13H2,1H3,(H,22,23,24)/b21-15-. The lowest BCUT2D eigenvalue weighted by atomic mass is 10.2. The minimum atomic E-state index is 0.722. The molecule has 1 aromatic heterocycles. The maximum absolute atomic E-state index is 5.36. The van der Waals surface area contributed by atoms with Crippen LogP contribution in [0.3, 0.4) is 0 Å². The molecule has 0 saturated carbocycles. The van der Waals surface area contributed by atoms with Crippen LogP contribution in [0.4, 0.5) is 17.6 Å². The zero-order chi connectivity index (χ0) is 18.5. The van der Waals surface area contributed by atoms with E-state index in [-0.39, 0.29) is 0 Å². The summed E-state index contributed by atoms with van der Waals surface area (Å²) >= 11 is 0. The van der Waals surface area contributed by atoms with Crippen molar-refractivity contribution < 1.29 is 4.74 Å². The highest BCUT2D eigenvalue weighted by atomic mass is 16.5. The largest absolute Gasteiger partial charge is 0.496 e. The first-order valence-corrected chi connectivity index (χ1v) is 9.64. The number of nitrogens with one attached hydrogen (secondary N) is 1. The van der Waals surface area contributed by atoms with E-state index in [1.807, 2.05) is 30.3 Å². The van der Waals surface area contributed by atoms with E-state index in [0.717, 1.165) is 55.1 Å². The molecule has 0 spiro atoms. The Morgan fingerprint density at radius 1 is 1.00 bits per heavy atom. The molecule has 7 nitrogen and oxygen atoms in total. The van der Waals surface area contributed by atoms with Crippen molar-refractivity contribution in [1.82, 2.24) is 9.97 Å². The molecule has 2 aliphatic heterocycles. The van der Waals surface area contributed by atoms with Crippen molar-refractivity contribution in [1.29, 1.82) is 0 Å². The highest BCUT2D eigenvalue weighted by Crippen LogP contribution is 2.25.